The first-order valence-electron chi connectivity index (χ1n) is 4.45. The molecule has 3 N–H and O–H groups in total. The maximum Gasteiger partial charge on any atom is 0.106 e. The van der Waals surface area contributed by atoms with Gasteiger partial charge in [0.1, 0.15) is 6.10 Å². The van der Waals surface area contributed by atoms with Gasteiger partial charge in [-0.1, -0.05) is 12.1 Å². The van der Waals surface area contributed by atoms with Crippen LogP contribution in [0.4, 0.5) is 0 Å². The van der Waals surface area contributed by atoms with Gasteiger partial charge in [0.25, 0.3) is 0 Å². The van der Waals surface area contributed by atoms with Crippen LogP contribution in [0.5, 0.6) is 0 Å². The van der Waals surface area contributed by atoms with Crippen LogP contribution in [0.15, 0.2) is 29.2 Å². The lowest BCUT2D eigenvalue weighted by molar-refractivity contribution is 0.0201. The molecule has 0 saturated carbocycles. The number of likely N-dealkylation sites (N-methyl/N-ethyl adjacent to an activating group) is 1. The summed E-state index contributed by atoms with van der Waals surface area (Å²) < 4.78 is 0. The van der Waals surface area contributed by atoms with Crippen molar-refractivity contribution in [2.75, 3.05) is 13.6 Å². The molecular formula is C10H15NO2S. The number of thiol groups is 1. The van der Waals surface area contributed by atoms with Crippen molar-refractivity contribution in [2.45, 2.75) is 17.1 Å². The molecule has 2 unspecified atom stereocenters. The Balaban J connectivity index is 2.73. The van der Waals surface area contributed by atoms with E-state index in [0.717, 1.165) is 4.90 Å². The van der Waals surface area contributed by atoms with Crippen molar-refractivity contribution in [1.82, 2.24) is 5.32 Å². The third-order valence-electron chi connectivity index (χ3n) is 1.99. The molecule has 4 heteroatoms. The van der Waals surface area contributed by atoms with E-state index in [1.54, 1.807) is 25.2 Å². The van der Waals surface area contributed by atoms with Gasteiger partial charge in [-0.2, -0.15) is 0 Å². The van der Waals surface area contributed by atoms with Crippen LogP contribution < -0.4 is 5.32 Å². The van der Waals surface area contributed by atoms with Gasteiger partial charge < -0.3 is 15.5 Å². The highest BCUT2D eigenvalue weighted by Crippen LogP contribution is 2.19. The lowest BCUT2D eigenvalue weighted by atomic mass is 10.0. The van der Waals surface area contributed by atoms with E-state index in [1.807, 2.05) is 6.07 Å². The van der Waals surface area contributed by atoms with Gasteiger partial charge in [0, 0.05) is 11.4 Å². The van der Waals surface area contributed by atoms with E-state index >= 15 is 0 Å². The topological polar surface area (TPSA) is 52.5 Å². The predicted molar refractivity (Wildman–Crippen MR) is 58.6 cm³/mol. The number of nitrogens with one attached hydrogen (secondary N) is 1. The third kappa shape index (κ3) is 2.99. The molecule has 0 aliphatic carbocycles. The minimum Gasteiger partial charge on any atom is -0.389 e. The van der Waals surface area contributed by atoms with Crippen molar-refractivity contribution < 1.29 is 10.2 Å². The smallest absolute Gasteiger partial charge is 0.106 e. The zero-order valence-corrected chi connectivity index (χ0v) is 8.91. The Bertz CT molecular complexity index is 293. The number of rotatable bonds is 4. The molecule has 0 radical (unpaired) electrons. The van der Waals surface area contributed by atoms with E-state index < -0.39 is 12.2 Å². The highest BCUT2D eigenvalue weighted by Gasteiger charge is 2.17. The Morgan fingerprint density at radius 2 is 2.14 bits per heavy atom. The van der Waals surface area contributed by atoms with Crippen molar-refractivity contribution in [3.63, 3.8) is 0 Å². The lowest BCUT2D eigenvalue weighted by Gasteiger charge is -2.17. The van der Waals surface area contributed by atoms with Crippen molar-refractivity contribution in [2.24, 2.45) is 0 Å². The van der Waals surface area contributed by atoms with Crippen LogP contribution >= 0.6 is 12.6 Å². The number of benzene rings is 1. The van der Waals surface area contributed by atoms with E-state index in [2.05, 4.69) is 17.9 Å². The van der Waals surface area contributed by atoms with Crippen LogP contribution in [-0.2, 0) is 0 Å². The van der Waals surface area contributed by atoms with Gasteiger partial charge in [0.15, 0.2) is 0 Å². The number of aliphatic hydroxyl groups excluding tert-OH is 2. The summed E-state index contributed by atoms with van der Waals surface area (Å²) in [5.41, 5.74) is 0.681. The van der Waals surface area contributed by atoms with Gasteiger partial charge >= 0.3 is 0 Å². The molecule has 2 atom stereocenters. The van der Waals surface area contributed by atoms with Crippen LogP contribution in [0.25, 0.3) is 0 Å². The maximum absolute atomic E-state index is 9.72. The third-order valence-corrected chi connectivity index (χ3v) is 2.27. The lowest BCUT2D eigenvalue weighted by Crippen LogP contribution is -2.29. The van der Waals surface area contributed by atoms with E-state index in [1.165, 1.54) is 0 Å². The monoisotopic (exact) mass is 213 g/mol. The summed E-state index contributed by atoms with van der Waals surface area (Å²) in [6.45, 7) is 0.359. The molecule has 0 bridgehead atoms. The highest BCUT2D eigenvalue weighted by molar-refractivity contribution is 7.80. The molecule has 3 nitrogen and oxygen atoms in total. The van der Waals surface area contributed by atoms with Crippen LogP contribution in [0.3, 0.4) is 0 Å². The molecular weight excluding hydrogens is 198 g/mol. The summed E-state index contributed by atoms with van der Waals surface area (Å²) in [6.07, 6.45) is -1.66. The van der Waals surface area contributed by atoms with Gasteiger partial charge in [0.2, 0.25) is 0 Å². The van der Waals surface area contributed by atoms with Gasteiger partial charge in [-0.05, 0) is 24.7 Å². The first-order chi connectivity index (χ1) is 6.65. The molecule has 1 aromatic rings. The van der Waals surface area contributed by atoms with Crippen LogP contribution in [0, 0.1) is 0 Å². The first-order valence-corrected chi connectivity index (χ1v) is 4.89. The Labute approximate surface area is 89.2 Å². The Hall–Kier alpha value is -0.550. The fraction of sp³-hybridized carbons (Fsp3) is 0.400. The second kappa shape index (κ2) is 5.36. The van der Waals surface area contributed by atoms with Crippen molar-refractivity contribution >= 4 is 12.6 Å². The summed E-state index contributed by atoms with van der Waals surface area (Å²) in [5.74, 6) is 0. The average molecular weight is 213 g/mol. The van der Waals surface area contributed by atoms with E-state index in [4.69, 9.17) is 0 Å². The highest BCUT2D eigenvalue weighted by atomic mass is 32.1. The van der Waals surface area contributed by atoms with Crippen LogP contribution in [0.2, 0.25) is 0 Å². The van der Waals surface area contributed by atoms with Gasteiger partial charge in [-0.3, -0.25) is 0 Å². The number of aliphatic hydroxyl groups is 2. The molecule has 0 amide bonds. The standard InChI is InChI=1S/C10H15NO2S/c1-11-6-9(12)10(13)7-3-2-4-8(14)5-7/h2-5,9-14H,6H2,1H3. The number of hydrogen-bond donors (Lipinski definition) is 4. The van der Waals surface area contributed by atoms with E-state index in [0.29, 0.717) is 12.1 Å². The average Bonchev–Trinajstić information content (AvgIpc) is 2.17. The van der Waals surface area contributed by atoms with Crippen LogP contribution in [0.1, 0.15) is 11.7 Å². The maximum atomic E-state index is 9.72. The van der Waals surface area contributed by atoms with Crippen LogP contribution in [-0.4, -0.2) is 29.9 Å². The van der Waals surface area contributed by atoms with E-state index in [-0.39, 0.29) is 0 Å². The molecule has 0 fully saturated rings. The summed E-state index contributed by atoms with van der Waals surface area (Å²) in [7, 11) is 1.73. The summed E-state index contributed by atoms with van der Waals surface area (Å²) in [6, 6.07) is 7.13. The SMILES string of the molecule is CNCC(O)C(O)c1cccc(S)c1. The molecule has 14 heavy (non-hydrogen) atoms. The molecule has 1 aromatic carbocycles. The molecule has 0 heterocycles. The Morgan fingerprint density at radius 3 is 2.71 bits per heavy atom. The fourth-order valence-corrected chi connectivity index (χ4v) is 1.49. The van der Waals surface area contributed by atoms with Gasteiger partial charge in [-0.15, -0.1) is 12.6 Å². The summed E-state index contributed by atoms with van der Waals surface area (Å²) in [5, 5.41) is 22.0. The van der Waals surface area contributed by atoms with Crippen molar-refractivity contribution in [3.8, 4) is 0 Å². The van der Waals surface area contributed by atoms with Gasteiger partial charge in [-0.25, -0.2) is 0 Å². The molecule has 0 aliphatic rings. The zero-order chi connectivity index (χ0) is 10.6. The fourth-order valence-electron chi connectivity index (χ4n) is 1.25. The zero-order valence-electron chi connectivity index (χ0n) is 8.01. The Morgan fingerprint density at radius 1 is 1.43 bits per heavy atom. The quantitative estimate of drug-likeness (QED) is 0.554. The number of hydrogen-bond acceptors (Lipinski definition) is 4. The van der Waals surface area contributed by atoms with Crippen molar-refractivity contribution in [3.05, 3.63) is 29.8 Å². The molecule has 0 aliphatic heterocycles. The predicted octanol–water partition coefficient (Wildman–Crippen LogP) is 0.589. The summed E-state index contributed by atoms with van der Waals surface area (Å²) in [4.78, 5) is 0.776. The normalized spacial score (nSPS) is 15.1. The molecule has 0 aromatic heterocycles. The van der Waals surface area contributed by atoms with E-state index in [9.17, 15) is 10.2 Å². The molecule has 0 saturated heterocycles. The largest absolute Gasteiger partial charge is 0.389 e. The molecule has 1 rings (SSSR count). The molecule has 0 spiro atoms. The Kier molecular flexibility index (Phi) is 4.41. The first kappa shape index (κ1) is 11.5. The molecule has 78 valence electrons. The van der Waals surface area contributed by atoms with Crippen molar-refractivity contribution in [1.29, 1.82) is 0 Å². The van der Waals surface area contributed by atoms with Gasteiger partial charge in [0.05, 0.1) is 6.10 Å². The summed E-state index contributed by atoms with van der Waals surface area (Å²) >= 11 is 4.16. The minimum absolute atomic E-state index is 0.359. The minimum atomic E-state index is -0.866. The second-order valence-electron chi connectivity index (χ2n) is 3.16. The second-order valence-corrected chi connectivity index (χ2v) is 3.68.